The number of nitrogens with one attached hydrogen (secondary N) is 1. The molecule has 2 aliphatic rings. The van der Waals surface area contributed by atoms with Gasteiger partial charge < -0.3 is 4.98 Å². The summed E-state index contributed by atoms with van der Waals surface area (Å²) in [6, 6.07) is 1.93. The van der Waals surface area contributed by atoms with Crippen LogP contribution in [0.25, 0.3) is 0 Å². The Balaban J connectivity index is 2.06. The standard InChI is InChI=1S/C12H15N3O2/c1-14(2)15-11(16)8-3-4-9-7(5-6-13-9)10(8)12(15)17/h5-6,8,10,13H,3-4H2,1-2H3/t8-,10+/m0/s1. The van der Waals surface area contributed by atoms with E-state index >= 15 is 0 Å². The molecule has 0 spiro atoms. The van der Waals surface area contributed by atoms with E-state index in [0.717, 1.165) is 24.1 Å². The van der Waals surface area contributed by atoms with Crippen molar-refractivity contribution in [3.8, 4) is 0 Å². The fourth-order valence-corrected chi connectivity index (χ4v) is 2.97. The van der Waals surface area contributed by atoms with E-state index < -0.39 is 0 Å². The highest BCUT2D eigenvalue weighted by Crippen LogP contribution is 2.42. The molecule has 2 heterocycles. The van der Waals surface area contributed by atoms with E-state index in [1.807, 2.05) is 12.3 Å². The van der Waals surface area contributed by atoms with E-state index in [4.69, 9.17) is 0 Å². The zero-order valence-electron chi connectivity index (χ0n) is 9.93. The predicted molar refractivity (Wildman–Crippen MR) is 60.9 cm³/mol. The Morgan fingerprint density at radius 1 is 1.35 bits per heavy atom. The normalized spacial score (nSPS) is 27.6. The summed E-state index contributed by atoms with van der Waals surface area (Å²) < 4.78 is 0. The lowest BCUT2D eigenvalue weighted by atomic mass is 9.79. The van der Waals surface area contributed by atoms with Gasteiger partial charge in [-0.05, 0) is 24.5 Å². The van der Waals surface area contributed by atoms with Crippen LogP contribution >= 0.6 is 0 Å². The van der Waals surface area contributed by atoms with Crippen molar-refractivity contribution in [2.45, 2.75) is 18.8 Å². The molecule has 1 fully saturated rings. The molecule has 1 aliphatic heterocycles. The lowest BCUT2D eigenvalue weighted by Crippen LogP contribution is -2.42. The first kappa shape index (κ1) is 10.5. The summed E-state index contributed by atoms with van der Waals surface area (Å²) in [6.45, 7) is 0. The molecule has 2 atom stereocenters. The van der Waals surface area contributed by atoms with Gasteiger partial charge in [0.2, 0.25) is 5.91 Å². The highest BCUT2D eigenvalue weighted by Gasteiger charge is 2.51. The molecular weight excluding hydrogens is 218 g/mol. The van der Waals surface area contributed by atoms with Crippen molar-refractivity contribution in [1.82, 2.24) is 15.0 Å². The summed E-state index contributed by atoms with van der Waals surface area (Å²) in [7, 11) is 3.45. The van der Waals surface area contributed by atoms with Crippen LogP contribution in [-0.4, -0.2) is 40.9 Å². The molecule has 0 radical (unpaired) electrons. The Morgan fingerprint density at radius 3 is 2.82 bits per heavy atom. The third-order valence-electron chi connectivity index (χ3n) is 3.71. The van der Waals surface area contributed by atoms with Crippen molar-refractivity contribution in [2.75, 3.05) is 14.1 Å². The summed E-state index contributed by atoms with van der Waals surface area (Å²) >= 11 is 0. The van der Waals surface area contributed by atoms with Gasteiger partial charge in [0.1, 0.15) is 0 Å². The van der Waals surface area contributed by atoms with Gasteiger partial charge in [-0.1, -0.05) is 0 Å². The average Bonchev–Trinajstić information content (AvgIpc) is 2.82. The fraction of sp³-hybridized carbons (Fsp3) is 0.500. The number of nitrogens with zero attached hydrogens (tertiary/aromatic N) is 2. The van der Waals surface area contributed by atoms with Crippen molar-refractivity contribution in [1.29, 1.82) is 0 Å². The molecular formula is C12H15N3O2. The van der Waals surface area contributed by atoms with Crippen molar-refractivity contribution < 1.29 is 9.59 Å². The summed E-state index contributed by atoms with van der Waals surface area (Å²) in [5, 5.41) is 2.85. The number of amides is 2. The van der Waals surface area contributed by atoms with E-state index in [2.05, 4.69) is 4.98 Å². The van der Waals surface area contributed by atoms with Gasteiger partial charge in [-0.25, -0.2) is 10.0 Å². The number of carbonyl (C=O) groups is 2. The topological polar surface area (TPSA) is 56.4 Å². The van der Waals surface area contributed by atoms with Gasteiger partial charge >= 0.3 is 0 Å². The molecule has 90 valence electrons. The molecule has 2 amide bonds. The lowest BCUT2D eigenvalue weighted by molar-refractivity contribution is -0.154. The molecule has 1 saturated heterocycles. The van der Waals surface area contributed by atoms with Crippen LogP contribution in [-0.2, 0) is 16.0 Å². The summed E-state index contributed by atoms with van der Waals surface area (Å²) in [5.41, 5.74) is 2.11. The SMILES string of the molecule is CN(C)N1C(=O)[C@H]2CCc3[nH]ccc3[C@H]2C1=O. The molecule has 1 N–H and O–H groups in total. The molecule has 0 unspecified atom stereocenters. The molecule has 1 aromatic heterocycles. The minimum Gasteiger partial charge on any atom is -0.365 e. The number of imide groups is 1. The van der Waals surface area contributed by atoms with Gasteiger partial charge in [0.15, 0.2) is 0 Å². The number of carbonyl (C=O) groups excluding carboxylic acids is 2. The van der Waals surface area contributed by atoms with Crippen LogP contribution in [0.2, 0.25) is 0 Å². The van der Waals surface area contributed by atoms with E-state index in [9.17, 15) is 9.59 Å². The number of rotatable bonds is 1. The van der Waals surface area contributed by atoms with Gasteiger partial charge in [-0.3, -0.25) is 9.59 Å². The smallest absolute Gasteiger partial charge is 0.252 e. The van der Waals surface area contributed by atoms with Crippen LogP contribution in [0.3, 0.4) is 0 Å². The number of hydrazine groups is 1. The zero-order valence-corrected chi connectivity index (χ0v) is 9.93. The number of hydrogen-bond donors (Lipinski definition) is 1. The van der Waals surface area contributed by atoms with Crippen molar-refractivity contribution in [3.05, 3.63) is 23.5 Å². The number of aryl methyl sites for hydroxylation is 1. The summed E-state index contributed by atoms with van der Waals surface area (Å²) in [4.78, 5) is 27.6. The molecule has 3 rings (SSSR count). The minimum absolute atomic E-state index is 0.0585. The van der Waals surface area contributed by atoms with Crippen LogP contribution in [0.15, 0.2) is 12.3 Å². The Labute approximate surface area is 99.4 Å². The van der Waals surface area contributed by atoms with E-state index in [1.165, 1.54) is 5.01 Å². The molecule has 0 bridgehead atoms. The quantitative estimate of drug-likeness (QED) is 0.719. The Hall–Kier alpha value is -1.62. The van der Waals surface area contributed by atoms with Crippen LogP contribution in [0.1, 0.15) is 23.6 Å². The maximum atomic E-state index is 12.3. The number of H-pyrrole nitrogens is 1. The Bertz CT molecular complexity index is 492. The maximum absolute atomic E-state index is 12.3. The van der Waals surface area contributed by atoms with E-state index in [1.54, 1.807) is 19.1 Å². The van der Waals surface area contributed by atoms with E-state index in [-0.39, 0.29) is 23.7 Å². The van der Waals surface area contributed by atoms with Crippen LogP contribution in [0.5, 0.6) is 0 Å². The molecule has 5 nitrogen and oxygen atoms in total. The second-order valence-corrected chi connectivity index (χ2v) is 4.87. The summed E-state index contributed by atoms with van der Waals surface area (Å²) in [5.74, 6) is -0.601. The first-order valence-corrected chi connectivity index (χ1v) is 5.82. The zero-order chi connectivity index (χ0) is 12.2. The summed E-state index contributed by atoms with van der Waals surface area (Å²) in [6.07, 6.45) is 3.46. The third kappa shape index (κ3) is 1.29. The largest absolute Gasteiger partial charge is 0.365 e. The van der Waals surface area contributed by atoms with Gasteiger partial charge in [0.25, 0.3) is 5.91 Å². The second kappa shape index (κ2) is 3.43. The van der Waals surface area contributed by atoms with Gasteiger partial charge in [-0.15, -0.1) is 0 Å². The number of aromatic amines is 1. The predicted octanol–water partition coefficient (Wildman–Crippen LogP) is 0.506. The average molecular weight is 233 g/mol. The van der Waals surface area contributed by atoms with Crippen molar-refractivity contribution in [2.24, 2.45) is 5.92 Å². The van der Waals surface area contributed by atoms with Crippen molar-refractivity contribution >= 4 is 11.8 Å². The van der Waals surface area contributed by atoms with Crippen molar-refractivity contribution in [3.63, 3.8) is 0 Å². The minimum atomic E-state index is -0.278. The third-order valence-corrected chi connectivity index (χ3v) is 3.71. The van der Waals surface area contributed by atoms with Crippen LogP contribution in [0, 0.1) is 5.92 Å². The van der Waals surface area contributed by atoms with Gasteiger partial charge in [0.05, 0.1) is 11.8 Å². The maximum Gasteiger partial charge on any atom is 0.252 e. The monoisotopic (exact) mass is 233 g/mol. The van der Waals surface area contributed by atoms with Gasteiger partial charge in [-0.2, -0.15) is 0 Å². The van der Waals surface area contributed by atoms with Crippen LogP contribution in [0.4, 0.5) is 0 Å². The molecule has 0 saturated carbocycles. The molecule has 1 aromatic rings. The van der Waals surface area contributed by atoms with Gasteiger partial charge in [0, 0.05) is 26.0 Å². The fourth-order valence-electron chi connectivity index (χ4n) is 2.97. The number of fused-ring (bicyclic) bond motifs is 3. The first-order chi connectivity index (χ1) is 8.11. The number of aromatic nitrogens is 1. The second-order valence-electron chi connectivity index (χ2n) is 4.87. The molecule has 1 aliphatic carbocycles. The lowest BCUT2D eigenvalue weighted by Gasteiger charge is -2.21. The Morgan fingerprint density at radius 2 is 2.12 bits per heavy atom. The van der Waals surface area contributed by atoms with E-state index in [0.29, 0.717) is 0 Å². The molecule has 5 heteroatoms. The highest BCUT2D eigenvalue weighted by molar-refractivity contribution is 6.07. The number of hydrogen-bond acceptors (Lipinski definition) is 3. The molecule has 0 aromatic carbocycles. The van der Waals surface area contributed by atoms with Crippen LogP contribution < -0.4 is 0 Å². The molecule has 17 heavy (non-hydrogen) atoms. The highest BCUT2D eigenvalue weighted by atomic mass is 16.2. The first-order valence-electron chi connectivity index (χ1n) is 5.82. The Kier molecular flexibility index (Phi) is 2.13.